The van der Waals surface area contributed by atoms with E-state index in [1.165, 1.54) is 13.2 Å². The smallest absolute Gasteiger partial charge is 0.330 e. The van der Waals surface area contributed by atoms with Crippen molar-refractivity contribution in [2.24, 2.45) is 0 Å². The Morgan fingerprint density at radius 3 is 2.61 bits per heavy atom. The third-order valence-electron chi connectivity index (χ3n) is 2.34. The van der Waals surface area contributed by atoms with E-state index in [9.17, 15) is 4.79 Å². The van der Waals surface area contributed by atoms with Crippen LogP contribution in [-0.2, 0) is 9.53 Å². The largest absolute Gasteiger partial charge is 0.466 e. The minimum atomic E-state index is -0.351. The van der Waals surface area contributed by atoms with Crippen LogP contribution in [0.15, 0.2) is 42.5 Å². The highest BCUT2D eigenvalue weighted by molar-refractivity contribution is 7.16. The first-order valence-corrected chi connectivity index (χ1v) is 6.50. The monoisotopic (exact) mass is 278 g/mol. The van der Waals surface area contributed by atoms with E-state index in [1.54, 1.807) is 17.4 Å². The predicted octanol–water partition coefficient (Wildman–Crippen LogP) is 4.25. The van der Waals surface area contributed by atoms with Crippen molar-refractivity contribution in [1.82, 2.24) is 0 Å². The molecule has 0 unspecified atom stereocenters. The van der Waals surface area contributed by atoms with Crippen LogP contribution in [0.4, 0.5) is 0 Å². The number of benzene rings is 1. The summed E-state index contributed by atoms with van der Waals surface area (Å²) in [6.07, 6.45) is 3.16. The maximum absolute atomic E-state index is 11.0. The molecule has 1 heterocycles. The lowest BCUT2D eigenvalue weighted by Gasteiger charge is -1.96. The van der Waals surface area contributed by atoms with Crippen LogP contribution in [0.25, 0.3) is 16.5 Å². The number of halogens is 1. The molecule has 0 bridgehead atoms. The normalized spacial score (nSPS) is 10.8. The van der Waals surface area contributed by atoms with Crippen LogP contribution >= 0.6 is 22.9 Å². The molecule has 0 fully saturated rings. The SMILES string of the molecule is COC(=O)/C=C/c1ccc(-c2ccc(Cl)cc2)s1. The Balaban J connectivity index is 2.18. The van der Waals surface area contributed by atoms with Crippen LogP contribution in [-0.4, -0.2) is 13.1 Å². The standard InChI is InChI=1S/C14H11ClO2S/c1-17-14(16)9-7-12-6-8-13(18-12)10-2-4-11(15)5-3-10/h2-9H,1H3/b9-7+. The van der Waals surface area contributed by atoms with Gasteiger partial charge >= 0.3 is 5.97 Å². The van der Waals surface area contributed by atoms with Crippen molar-refractivity contribution < 1.29 is 9.53 Å². The van der Waals surface area contributed by atoms with E-state index in [1.807, 2.05) is 36.4 Å². The molecule has 2 aromatic rings. The molecular formula is C14H11ClO2S. The van der Waals surface area contributed by atoms with Gasteiger partial charge in [0.25, 0.3) is 0 Å². The molecular weight excluding hydrogens is 268 g/mol. The molecule has 18 heavy (non-hydrogen) atoms. The van der Waals surface area contributed by atoms with Gasteiger partial charge in [-0.05, 0) is 35.9 Å². The first kappa shape index (κ1) is 12.9. The first-order valence-electron chi connectivity index (χ1n) is 5.31. The summed E-state index contributed by atoms with van der Waals surface area (Å²) in [5.74, 6) is -0.351. The lowest BCUT2D eigenvalue weighted by Crippen LogP contribution is -1.92. The molecule has 0 saturated carbocycles. The van der Waals surface area contributed by atoms with Gasteiger partial charge in [0.15, 0.2) is 0 Å². The second-order valence-electron chi connectivity index (χ2n) is 3.57. The summed E-state index contributed by atoms with van der Waals surface area (Å²) in [6.45, 7) is 0. The van der Waals surface area contributed by atoms with Gasteiger partial charge in [-0.15, -0.1) is 11.3 Å². The Morgan fingerprint density at radius 2 is 1.94 bits per heavy atom. The van der Waals surface area contributed by atoms with Gasteiger partial charge in [-0.2, -0.15) is 0 Å². The number of carbonyl (C=O) groups is 1. The second kappa shape index (κ2) is 5.85. The number of carbonyl (C=O) groups excluding carboxylic acids is 1. The Hall–Kier alpha value is -1.58. The highest BCUT2D eigenvalue weighted by atomic mass is 35.5. The maximum Gasteiger partial charge on any atom is 0.330 e. The number of esters is 1. The van der Waals surface area contributed by atoms with Gasteiger partial charge in [-0.1, -0.05) is 23.7 Å². The Kier molecular flexibility index (Phi) is 4.18. The second-order valence-corrected chi connectivity index (χ2v) is 5.12. The number of hydrogen-bond donors (Lipinski definition) is 0. The van der Waals surface area contributed by atoms with Gasteiger partial charge in [0.2, 0.25) is 0 Å². The molecule has 0 saturated heterocycles. The van der Waals surface area contributed by atoms with Gasteiger partial charge in [0, 0.05) is 20.9 Å². The van der Waals surface area contributed by atoms with Gasteiger partial charge in [-0.25, -0.2) is 4.79 Å². The minimum absolute atomic E-state index is 0.351. The number of rotatable bonds is 3. The average Bonchev–Trinajstić information content (AvgIpc) is 2.85. The summed E-state index contributed by atoms with van der Waals surface area (Å²) >= 11 is 7.45. The van der Waals surface area contributed by atoms with Crippen LogP contribution in [0.1, 0.15) is 4.88 Å². The molecule has 0 N–H and O–H groups in total. The zero-order valence-electron chi connectivity index (χ0n) is 9.72. The molecule has 0 aliphatic rings. The molecule has 0 aliphatic carbocycles. The third-order valence-corrected chi connectivity index (χ3v) is 3.69. The maximum atomic E-state index is 11.0. The summed E-state index contributed by atoms with van der Waals surface area (Å²) in [6, 6.07) is 11.7. The quantitative estimate of drug-likeness (QED) is 0.619. The van der Waals surface area contributed by atoms with Gasteiger partial charge in [-0.3, -0.25) is 0 Å². The van der Waals surface area contributed by atoms with Crippen LogP contribution in [0, 0.1) is 0 Å². The van der Waals surface area contributed by atoms with E-state index in [0.717, 1.165) is 20.3 Å². The van der Waals surface area contributed by atoms with Crippen molar-refractivity contribution in [3.05, 3.63) is 52.4 Å². The summed E-state index contributed by atoms with van der Waals surface area (Å²) in [7, 11) is 1.36. The highest BCUT2D eigenvalue weighted by Gasteiger charge is 2.01. The van der Waals surface area contributed by atoms with Crippen molar-refractivity contribution in [2.75, 3.05) is 7.11 Å². The topological polar surface area (TPSA) is 26.3 Å². The minimum Gasteiger partial charge on any atom is -0.466 e. The fourth-order valence-corrected chi connectivity index (χ4v) is 2.47. The lowest BCUT2D eigenvalue weighted by atomic mass is 10.2. The number of methoxy groups -OCH3 is 1. The molecule has 4 heteroatoms. The Labute approximate surface area is 114 Å². The lowest BCUT2D eigenvalue weighted by molar-refractivity contribution is -0.134. The fraction of sp³-hybridized carbons (Fsp3) is 0.0714. The molecule has 2 rings (SSSR count). The molecule has 0 spiro atoms. The van der Waals surface area contributed by atoms with E-state index in [4.69, 9.17) is 11.6 Å². The van der Waals surface area contributed by atoms with Gasteiger partial charge < -0.3 is 4.74 Å². The van der Waals surface area contributed by atoms with Crippen molar-refractivity contribution >= 4 is 35.0 Å². The van der Waals surface area contributed by atoms with Crippen LogP contribution < -0.4 is 0 Å². The molecule has 0 aliphatic heterocycles. The summed E-state index contributed by atoms with van der Waals surface area (Å²) in [5.41, 5.74) is 1.11. The summed E-state index contributed by atoms with van der Waals surface area (Å²) in [4.78, 5) is 13.1. The highest BCUT2D eigenvalue weighted by Crippen LogP contribution is 2.29. The van der Waals surface area contributed by atoms with E-state index < -0.39 is 0 Å². The Bertz CT molecular complexity index is 570. The molecule has 2 nitrogen and oxygen atoms in total. The van der Waals surface area contributed by atoms with E-state index >= 15 is 0 Å². The molecule has 0 atom stereocenters. The summed E-state index contributed by atoms with van der Waals surface area (Å²) in [5, 5.41) is 0.723. The molecule has 0 radical (unpaired) electrons. The zero-order chi connectivity index (χ0) is 13.0. The van der Waals surface area contributed by atoms with Crippen LogP contribution in [0.3, 0.4) is 0 Å². The number of thiophene rings is 1. The predicted molar refractivity (Wildman–Crippen MR) is 75.8 cm³/mol. The van der Waals surface area contributed by atoms with Gasteiger partial charge in [0.05, 0.1) is 7.11 Å². The van der Waals surface area contributed by atoms with Crippen molar-refractivity contribution in [3.63, 3.8) is 0 Å². The number of ether oxygens (including phenoxy) is 1. The average molecular weight is 279 g/mol. The van der Waals surface area contributed by atoms with Crippen molar-refractivity contribution in [3.8, 4) is 10.4 Å². The van der Waals surface area contributed by atoms with E-state index in [-0.39, 0.29) is 5.97 Å². The molecule has 0 amide bonds. The zero-order valence-corrected chi connectivity index (χ0v) is 11.3. The molecule has 1 aromatic carbocycles. The van der Waals surface area contributed by atoms with E-state index in [0.29, 0.717) is 0 Å². The van der Waals surface area contributed by atoms with Crippen LogP contribution in [0.2, 0.25) is 5.02 Å². The van der Waals surface area contributed by atoms with Crippen LogP contribution in [0.5, 0.6) is 0 Å². The first-order chi connectivity index (χ1) is 8.69. The number of hydrogen-bond acceptors (Lipinski definition) is 3. The summed E-state index contributed by atoms with van der Waals surface area (Å²) < 4.78 is 4.54. The fourth-order valence-electron chi connectivity index (χ4n) is 1.43. The molecule has 1 aromatic heterocycles. The van der Waals surface area contributed by atoms with Crippen molar-refractivity contribution in [2.45, 2.75) is 0 Å². The van der Waals surface area contributed by atoms with E-state index in [2.05, 4.69) is 4.74 Å². The third kappa shape index (κ3) is 3.22. The molecule has 92 valence electrons. The Morgan fingerprint density at radius 1 is 1.22 bits per heavy atom. The van der Waals surface area contributed by atoms with Gasteiger partial charge in [0.1, 0.15) is 0 Å². The van der Waals surface area contributed by atoms with Crippen molar-refractivity contribution in [1.29, 1.82) is 0 Å².